The molecule has 0 aromatic heterocycles. The van der Waals surface area contributed by atoms with Gasteiger partial charge in [0.1, 0.15) is 11.9 Å². The van der Waals surface area contributed by atoms with Crippen LogP contribution >= 0.6 is 0 Å². The summed E-state index contributed by atoms with van der Waals surface area (Å²) in [5, 5.41) is 18.0. The van der Waals surface area contributed by atoms with E-state index in [0.29, 0.717) is 37.2 Å². The molecule has 0 bridgehead atoms. The van der Waals surface area contributed by atoms with Crippen LogP contribution in [0.5, 0.6) is 0 Å². The van der Waals surface area contributed by atoms with Gasteiger partial charge in [-0.3, -0.25) is 4.90 Å². The molecule has 28 heavy (non-hydrogen) atoms. The van der Waals surface area contributed by atoms with Crippen LogP contribution in [0, 0.1) is 17.3 Å². The molecule has 3 heterocycles. The van der Waals surface area contributed by atoms with Crippen LogP contribution in [0.2, 0.25) is 0 Å². The second-order valence-corrected chi connectivity index (χ2v) is 7.21. The summed E-state index contributed by atoms with van der Waals surface area (Å²) >= 11 is 0. The van der Waals surface area contributed by atoms with Crippen LogP contribution in [-0.2, 0) is 11.2 Å². The van der Waals surface area contributed by atoms with Gasteiger partial charge in [-0.1, -0.05) is 6.08 Å². The second-order valence-electron chi connectivity index (χ2n) is 7.21. The van der Waals surface area contributed by atoms with Gasteiger partial charge < -0.3 is 19.6 Å². The van der Waals surface area contributed by atoms with Crippen LogP contribution in [0.15, 0.2) is 18.2 Å². The van der Waals surface area contributed by atoms with Crippen molar-refractivity contribution in [3.8, 4) is 6.19 Å². The third kappa shape index (κ3) is 2.91. The van der Waals surface area contributed by atoms with E-state index < -0.39 is 24.1 Å². The van der Waals surface area contributed by atoms with Crippen LogP contribution < -0.4 is 4.90 Å². The van der Waals surface area contributed by atoms with E-state index in [0.717, 1.165) is 16.0 Å². The summed E-state index contributed by atoms with van der Waals surface area (Å²) in [5.41, 5.74) is 2.66. The van der Waals surface area contributed by atoms with Gasteiger partial charge >= 0.3 is 12.2 Å². The first-order chi connectivity index (χ1) is 13.4. The third-order valence-electron chi connectivity index (χ3n) is 5.54. The molecule has 1 fully saturated rings. The SMILES string of the molecule is CN(C[C@@H]1OC(=O)N2c3cc(F)c(C4=CCN(C#N)CC4)cc3C[C@@H]12)C(=O)O. The van der Waals surface area contributed by atoms with Gasteiger partial charge in [-0.15, -0.1) is 0 Å². The fourth-order valence-corrected chi connectivity index (χ4v) is 4.04. The molecule has 0 saturated carbocycles. The minimum atomic E-state index is -1.10. The summed E-state index contributed by atoms with van der Waals surface area (Å²) in [7, 11) is 1.42. The van der Waals surface area contributed by atoms with Crippen molar-refractivity contribution in [3.63, 3.8) is 0 Å². The second kappa shape index (κ2) is 6.71. The number of benzene rings is 1. The molecule has 4 rings (SSSR count). The first-order valence-electron chi connectivity index (χ1n) is 8.99. The van der Waals surface area contributed by atoms with E-state index in [9.17, 15) is 14.0 Å². The van der Waals surface area contributed by atoms with Crippen molar-refractivity contribution >= 4 is 23.4 Å². The summed E-state index contributed by atoms with van der Waals surface area (Å²) in [6.45, 7) is 1.05. The highest BCUT2D eigenvalue weighted by molar-refractivity contribution is 5.94. The van der Waals surface area contributed by atoms with Gasteiger partial charge in [0.05, 0.1) is 18.3 Å². The number of halogens is 1. The standard InChI is InChI=1S/C19H19FN4O4/c1-22(18(25)26)9-17-16-7-12-6-13(11-2-4-23(10-21)5-3-11)14(20)8-15(12)24(16)19(27)28-17/h2,6,8,16-17H,3-5,7,9H2,1H3,(H,25,26)/t16-,17-/m0/s1. The molecule has 9 heteroatoms. The number of cyclic esters (lactones) is 1. The smallest absolute Gasteiger partial charge is 0.415 e. The predicted molar refractivity (Wildman–Crippen MR) is 97.1 cm³/mol. The molecule has 1 saturated heterocycles. The molecular formula is C19H19FN4O4. The average Bonchev–Trinajstić information content (AvgIpc) is 3.18. The number of hydrogen-bond donors (Lipinski definition) is 1. The number of carbonyl (C=O) groups is 2. The Bertz CT molecular complexity index is 925. The van der Waals surface area contributed by atoms with Gasteiger partial charge in [0.25, 0.3) is 0 Å². The van der Waals surface area contributed by atoms with E-state index in [2.05, 4.69) is 6.19 Å². The van der Waals surface area contributed by atoms with E-state index >= 15 is 0 Å². The van der Waals surface area contributed by atoms with Gasteiger partial charge in [-0.25, -0.2) is 14.0 Å². The van der Waals surface area contributed by atoms with Crippen molar-refractivity contribution in [2.24, 2.45) is 0 Å². The fourth-order valence-electron chi connectivity index (χ4n) is 4.04. The van der Waals surface area contributed by atoms with Gasteiger partial charge in [-0.2, -0.15) is 5.26 Å². The van der Waals surface area contributed by atoms with E-state index in [-0.39, 0.29) is 12.6 Å². The zero-order valence-corrected chi connectivity index (χ0v) is 15.3. The summed E-state index contributed by atoms with van der Waals surface area (Å²) in [6.07, 6.45) is 2.70. The van der Waals surface area contributed by atoms with Gasteiger partial charge in [0, 0.05) is 25.7 Å². The lowest BCUT2D eigenvalue weighted by Crippen LogP contribution is -2.41. The van der Waals surface area contributed by atoms with Crippen molar-refractivity contribution in [1.82, 2.24) is 9.80 Å². The van der Waals surface area contributed by atoms with E-state index in [1.807, 2.05) is 6.08 Å². The Morgan fingerprint density at radius 2 is 2.29 bits per heavy atom. The number of nitriles is 1. The van der Waals surface area contributed by atoms with Crippen LogP contribution in [0.25, 0.3) is 5.57 Å². The van der Waals surface area contributed by atoms with Crippen LogP contribution in [0.3, 0.4) is 0 Å². The maximum Gasteiger partial charge on any atom is 0.415 e. The molecule has 0 aliphatic carbocycles. The molecule has 3 aliphatic heterocycles. The Morgan fingerprint density at radius 1 is 1.50 bits per heavy atom. The maximum atomic E-state index is 14.8. The lowest BCUT2D eigenvalue weighted by atomic mass is 9.95. The molecule has 0 spiro atoms. The van der Waals surface area contributed by atoms with Crippen molar-refractivity contribution < 1.29 is 23.8 Å². The Labute approximate surface area is 161 Å². The van der Waals surface area contributed by atoms with Crippen molar-refractivity contribution in [2.75, 3.05) is 31.6 Å². The third-order valence-corrected chi connectivity index (χ3v) is 5.54. The van der Waals surface area contributed by atoms with E-state index in [1.54, 1.807) is 11.0 Å². The minimum absolute atomic E-state index is 0.0563. The molecule has 2 amide bonds. The van der Waals surface area contributed by atoms with Crippen LogP contribution in [-0.4, -0.2) is 65.9 Å². The predicted octanol–water partition coefficient (Wildman–Crippen LogP) is 2.26. The number of rotatable bonds is 3. The lowest BCUT2D eigenvalue weighted by molar-refractivity contribution is 0.0961. The van der Waals surface area contributed by atoms with Crippen LogP contribution in [0.1, 0.15) is 17.5 Å². The molecular weight excluding hydrogens is 367 g/mol. The number of anilines is 1. The number of amides is 2. The quantitative estimate of drug-likeness (QED) is 0.801. The number of nitrogens with zero attached hydrogens (tertiary/aromatic N) is 4. The topological polar surface area (TPSA) is 97.1 Å². The molecule has 2 atom stereocenters. The number of carboxylic acid groups (broad SMARTS) is 1. The Kier molecular flexibility index (Phi) is 4.34. The number of ether oxygens (including phenoxy) is 1. The molecule has 0 radical (unpaired) electrons. The number of carbonyl (C=O) groups excluding carboxylic acids is 1. The average molecular weight is 386 g/mol. The highest BCUT2D eigenvalue weighted by Crippen LogP contribution is 2.41. The molecule has 8 nitrogen and oxygen atoms in total. The molecule has 1 aromatic rings. The van der Waals surface area contributed by atoms with Crippen molar-refractivity contribution in [2.45, 2.75) is 25.0 Å². The molecule has 3 aliphatic rings. The van der Waals surface area contributed by atoms with Gasteiger partial charge in [0.15, 0.2) is 6.19 Å². The van der Waals surface area contributed by atoms with E-state index in [1.165, 1.54) is 18.0 Å². The zero-order valence-electron chi connectivity index (χ0n) is 15.3. The van der Waals surface area contributed by atoms with Crippen molar-refractivity contribution in [1.29, 1.82) is 5.26 Å². The molecule has 1 N–H and O–H groups in total. The first kappa shape index (κ1) is 18.1. The number of hydrogen-bond acceptors (Lipinski definition) is 5. The van der Waals surface area contributed by atoms with Gasteiger partial charge in [0.2, 0.25) is 0 Å². The molecule has 146 valence electrons. The van der Waals surface area contributed by atoms with Crippen molar-refractivity contribution in [3.05, 3.63) is 35.2 Å². The van der Waals surface area contributed by atoms with Crippen LogP contribution in [0.4, 0.5) is 19.7 Å². The lowest BCUT2D eigenvalue weighted by Gasteiger charge is -2.22. The summed E-state index contributed by atoms with van der Waals surface area (Å²) in [6, 6.07) is 2.77. The molecule has 1 aromatic carbocycles. The fraction of sp³-hybridized carbons (Fsp3) is 0.421. The van der Waals surface area contributed by atoms with E-state index in [4.69, 9.17) is 15.1 Å². The largest absolute Gasteiger partial charge is 0.465 e. The Balaban J connectivity index is 1.61. The maximum absolute atomic E-state index is 14.8. The summed E-state index contributed by atoms with van der Waals surface area (Å²) in [5.74, 6) is -0.421. The summed E-state index contributed by atoms with van der Waals surface area (Å²) < 4.78 is 20.2. The van der Waals surface area contributed by atoms with Gasteiger partial charge in [-0.05, 0) is 36.1 Å². The number of fused-ring (bicyclic) bond motifs is 3. The highest BCUT2D eigenvalue weighted by atomic mass is 19.1. The monoisotopic (exact) mass is 386 g/mol. The zero-order chi connectivity index (χ0) is 20.0. The highest BCUT2D eigenvalue weighted by Gasteiger charge is 2.48. The normalized spacial score (nSPS) is 22.9. The number of likely N-dealkylation sites (N-methyl/N-ethyl adjacent to an activating group) is 1. The molecule has 0 unspecified atom stereocenters. The first-order valence-corrected chi connectivity index (χ1v) is 8.99. The Morgan fingerprint density at radius 3 is 2.93 bits per heavy atom. The summed E-state index contributed by atoms with van der Waals surface area (Å²) in [4.78, 5) is 27.5. The Hall–Kier alpha value is -3.28. The minimum Gasteiger partial charge on any atom is -0.465 e.